The van der Waals surface area contributed by atoms with E-state index in [9.17, 15) is 4.39 Å². The molecule has 2 nitrogen and oxygen atoms in total. The molecule has 104 valence electrons. The molecule has 0 saturated carbocycles. The highest BCUT2D eigenvalue weighted by atomic mass is 19.1. The van der Waals surface area contributed by atoms with Crippen LogP contribution in [-0.4, -0.2) is 0 Å². The summed E-state index contributed by atoms with van der Waals surface area (Å²) >= 11 is 0. The third-order valence-corrected chi connectivity index (χ3v) is 4.08. The van der Waals surface area contributed by atoms with Crippen LogP contribution in [0.4, 0.5) is 4.39 Å². The van der Waals surface area contributed by atoms with E-state index >= 15 is 0 Å². The topological polar surface area (TPSA) is 38.0 Å². The first kappa shape index (κ1) is 13.3. The largest absolute Gasteiger partial charge is 0.324 e. The summed E-state index contributed by atoms with van der Waals surface area (Å²) in [6.07, 6.45) is 0.908. The minimum Gasteiger partial charge on any atom is -0.324 e. The van der Waals surface area contributed by atoms with Gasteiger partial charge in [-0.3, -0.25) is 0 Å². The minimum atomic E-state index is -0.200. The van der Waals surface area contributed by atoms with Crippen LogP contribution in [0.25, 0.3) is 0 Å². The molecule has 1 aliphatic carbocycles. The van der Waals surface area contributed by atoms with E-state index in [0.717, 1.165) is 12.0 Å². The molecule has 0 aromatic heterocycles. The van der Waals surface area contributed by atoms with Gasteiger partial charge in [0.25, 0.3) is 0 Å². The maximum atomic E-state index is 13.0. The zero-order chi connectivity index (χ0) is 14.1. The van der Waals surface area contributed by atoms with E-state index in [4.69, 9.17) is 5.73 Å². The number of hydrogen-bond acceptors (Lipinski definition) is 2. The van der Waals surface area contributed by atoms with Crippen molar-refractivity contribution >= 4 is 0 Å². The molecule has 2 aromatic carbocycles. The van der Waals surface area contributed by atoms with Gasteiger partial charge in [-0.2, -0.15) is 0 Å². The number of benzene rings is 2. The molecule has 0 amide bonds. The second kappa shape index (κ2) is 5.35. The molecule has 0 spiro atoms. The van der Waals surface area contributed by atoms with Gasteiger partial charge in [0.15, 0.2) is 0 Å². The second-order valence-electron chi connectivity index (χ2n) is 5.46. The summed E-state index contributed by atoms with van der Waals surface area (Å²) in [6, 6.07) is 15.5. The number of nitrogens with one attached hydrogen (secondary N) is 1. The third-order valence-electron chi connectivity index (χ3n) is 4.08. The third kappa shape index (κ3) is 2.47. The van der Waals surface area contributed by atoms with Gasteiger partial charge >= 0.3 is 0 Å². The summed E-state index contributed by atoms with van der Waals surface area (Å²) in [5, 5.41) is 3.60. The molecule has 0 fully saturated rings. The number of halogens is 1. The lowest BCUT2D eigenvalue weighted by Gasteiger charge is -2.21. The number of hydrogen-bond donors (Lipinski definition) is 2. The van der Waals surface area contributed by atoms with Crippen LogP contribution in [-0.2, 0) is 0 Å². The van der Waals surface area contributed by atoms with Crippen molar-refractivity contribution in [2.75, 3.05) is 0 Å². The predicted octanol–water partition coefficient (Wildman–Crippen LogP) is 3.62. The Morgan fingerprint density at radius 1 is 1.10 bits per heavy atom. The monoisotopic (exact) mass is 270 g/mol. The Labute approximate surface area is 118 Å². The van der Waals surface area contributed by atoms with Crippen LogP contribution in [0.15, 0.2) is 48.5 Å². The molecule has 3 heteroatoms. The summed E-state index contributed by atoms with van der Waals surface area (Å²) in [5.41, 5.74) is 9.79. The van der Waals surface area contributed by atoms with Crippen LogP contribution in [0.3, 0.4) is 0 Å². The Balaban J connectivity index is 1.77. The zero-order valence-electron chi connectivity index (χ0n) is 11.5. The van der Waals surface area contributed by atoms with Crippen molar-refractivity contribution < 1.29 is 4.39 Å². The van der Waals surface area contributed by atoms with E-state index in [1.807, 2.05) is 24.3 Å². The van der Waals surface area contributed by atoms with Gasteiger partial charge in [-0.25, -0.2) is 4.39 Å². The van der Waals surface area contributed by atoms with Crippen molar-refractivity contribution in [3.05, 3.63) is 71.0 Å². The fourth-order valence-electron chi connectivity index (χ4n) is 2.98. The Morgan fingerprint density at radius 3 is 2.45 bits per heavy atom. The Kier molecular flexibility index (Phi) is 3.55. The highest BCUT2D eigenvalue weighted by Crippen LogP contribution is 2.38. The first-order valence-corrected chi connectivity index (χ1v) is 7.01. The van der Waals surface area contributed by atoms with Crippen LogP contribution in [0, 0.1) is 5.82 Å². The van der Waals surface area contributed by atoms with Gasteiger partial charge in [0.2, 0.25) is 0 Å². The van der Waals surface area contributed by atoms with E-state index in [1.165, 1.54) is 23.3 Å². The fourth-order valence-corrected chi connectivity index (χ4v) is 2.98. The lowest BCUT2D eigenvalue weighted by atomic mass is 10.0. The first-order valence-electron chi connectivity index (χ1n) is 7.01. The van der Waals surface area contributed by atoms with Crippen molar-refractivity contribution in [3.8, 4) is 0 Å². The second-order valence-corrected chi connectivity index (χ2v) is 5.46. The number of nitrogens with two attached hydrogens (primary N) is 1. The quantitative estimate of drug-likeness (QED) is 0.894. The highest BCUT2D eigenvalue weighted by Gasteiger charge is 2.28. The van der Waals surface area contributed by atoms with E-state index in [0.29, 0.717) is 0 Å². The summed E-state index contributed by atoms with van der Waals surface area (Å²) in [4.78, 5) is 0. The Morgan fingerprint density at radius 2 is 1.75 bits per heavy atom. The van der Waals surface area contributed by atoms with Crippen molar-refractivity contribution in [2.45, 2.75) is 31.5 Å². The molecule has 0 aliphatic heterocycles. The summed E-state index contributed by atoms with van der Waals surface area (Å²) < 4.78 is 13.0. The average molecular weight is 270 g/mol. The van der Waals surface area contributed by atoms with Gasteiger partial charge in [-0.05, 0) is 42.2 Å². The molecule has 0 saturated heterocycles. The normalized spacial score (nSPS) is 22.6. The van der Waals surface area contributed by atoms with E-state index in [2.05, 4.69) is 24.4 Å². The molecule has 1 aliphatic rings. The molecule has 3 N–H and O–H groups in total. The van der Waals surface area contributed by atoms with E-state index in [-0.39, 0.29) is 23.9 Å². The average Bonchev–Trinajstić information content (AvgIpc) is 2.77. The van der Waals surface area contributed by atoms with Crippen molar-refractivity contribution in [1.82, 2.24) is 5.32 Å². The Hall–Kier alpha value is -1.71. The van der Waals surface area contributed by atoms with Crippen LogP contribution >= 0.6 is 0 Å². The van der Waals surface area contributed by atoms with Crippen LogP contribution < -0.4 is 11.1 Å². The smallest absolute Gasteiger partial charge is 0.123 e. The lowest BCUT2D eigenvalue weighted by molar-refractivity contribution is 0.445. The van der Waals surface area contributed by atoms with Gasteiger partial charge in [-0.15, -0.1) is 0 Å². The van der Waals surface area contributed by atoms with Crippen molar-refractivity contribution in [2.24, 2.45) is 5.73 Å². The predicted molar refractivity (Wildman–Crippen MR) is 78.7 cm³/mol. The van der Waals surface area contributed by atoms with Gasteiger partial charge in [0.1, 0.15) is 5.82 Å². The summed E-state index contributed by atoms with van der Waals surface area (Å²) in [5.74, 6) is -0.200. The SMILES string of the molecule is CC(NC1CC(N)c2ccccc21)c1ccc(F)cc1. The highest BCUT2D eigenvalue weighted by molar-refractivity contribution is 5.37. The van der Waals surface area contributed by atoms with Crippen LogP contribution in [0.1, 0.15) is 48.2 Å². The molecule has 2 aromatic rings. The number of fused-ring (bicyclic) bond motifs is 1. The number of rotatable bonds is 3. The molecule has 0 heterocycles. The molecule has 3 atom stereocenters. The van der Waals surface area contributed by atoms with Gasteiger partial charge in [0.05, 0.1) is 0 Å². The lowest BCUT2D eigenvalue weighted by Crippen LogP contribution is -2.23. The molecular formula is C17H19FN2. The molecular weight excluding hydrogens is 251 g/mol. The van der Waals surface area contributed by atoms with Crippen LogP contribution in [0.5, 0.6) is 0 Å². The minimum absolute atomic E-state index is 0.101. The van der Waals surface area contributed by atoms with Crippen molar-refractivity contribution in [1.29, 1.82) is 0 Å². The van der Waals surface area contributed by atoms with Gasteiger partial charge in [-0.1, -0.05) is 36.4 Å². The molecule has 20 heavy (non-hydrogen) atoms. The maximum absolute atomic E-state index is 13.0. The molecule has 3 unspecified atom stereocenters. The summed E-state index contributed by atoms with van der Waals surface area (Å²) in [6.45, 7) is 2.10. The first-order chi connectivity index (χ1) is 9.65. The molecule has 3 rings (SSSR count). The molecule has 0 bridgehead atoms. The Bertz CT molecular complexity index is 594. The zero-order valence-corrected chi connectivity index (χ0v) is 11.5. The fraction of sp³-hybridized carbons (Fsp3) is 0.294. The van der Waals surface area contributed by atoms with E-state index in [1.54, 1.807) is 0 Å². The standard InChI is InChI=1S/C17H19FN2/c1-11(12-6-8-13(18)9-7-12)20-17-10-16(19)14-4-2-3-5-15(14)17/h2-9,11,16-17,20H,10,19H2,1H3. The maximum Gasteiger partial charge on any atom is 0.123 e. The van der Waals surface area contributed by atoms with Crippen LogP contribution in [0.2, 0.25) is 0 Å². The molecule has 0 radical (unpaired) electrons. The van der Waals surface area contributed by atoms with E-state index < -0.39 is 0 Å². The van der Waals surface area contributed by atoms with Crippen molar-refractivity contribution in [3.63, 3.8) is 0 Å². The summed E-state index contributed by atoms with van der Waals surface area (Å²) in [7, 11) is 0. The van der Waals surface area contributed by atoms with Gasteiger partial charge < -0.3 is 11.1 Å². The van der Waals surface area contributed by atoms with Gasteiger partial charge in [0, 0.05) is 18.1 Å².